The summed E-state index contributed by atoms with van der Waals surface area (Å²) in [6.07, 6.45) is 4.82. The molecule has 2 fully saturated rings. The Hall–Kier alpha value is -0.500. The van der Waals surface area contributed by atoms with Crippen LogP contribution in [0.4, 0.5) is 0 Å². The number of nitrogens with two attached hydrogens (primary N) is 1. The summed E-state index contributed by atoms with van der Waals surface area (Å²) >= 11 is 0. The second-order valence-electron chi connectivity index (χ2n) is 3.35. The zero-order valence-corrected chi connectivity index (χ0v) is 5.25. The first-order chi connectivity index (χ1) is 4.36. The van der Waals surface area contributed by atoms with E-state index in [1.807, 2.05) is 0 Å². The van der Waals surface area contributed by atoms with Gasteiger partial charge in [-0.1, -0.05) is 0 Å². The van der Waals surface area contributed by atoms with Crippen molar-refractivity contribution in [2.24, 2.45) is 5.73 Å². The van der Waals surface area contributed by atoms with E-state index < -0.39 is 0 Å². The SMILES string of the molecule is N[C@@H]1C[C@@H]2CC3=CN2[C@H]31. The fraction of sp³-hybridized carbons (Fsp3) is 0.714. The quantitative estimate of drug-likeness (QED) is 0.492. The number of rotatable bonds is 0. The van der Waals surface area contributed by atoms with Crippen LogP contribution in [-0.2, 0) is 0 Å². The van der Waals surface area contributed by atoms with E-state index in [4.69, 9.17) is 5.73 Å². The van der Waals surface area contributed by atoms with Gasteiger partial charge >= 0.3 is 0 Å². The minimum Gasteiger partial charge on any atom is -0.366 e. The van der Waals surface area contributed by atoms with E-state index in [0.29, 0.717) is 12.1 Å². The highest BCUT2D eigenvalue weighted by Crippen LogP contribution is 2.48. The molecule has 0 saturated carbocycles. The molecule has 0 unspecified atom stereocenters. The van der Waals surface area contributed by atoms with Crippen LogP contribution in [0, 0.1) is 0 Å². The lowest BCUT2D eigenvalue weighted by Crippen LogP contribution is -2.41. The van der Waals surface area contributed by atoms with Gasteiger partial charge in [0.2, 0.25) is 0 Å². The van der Waals surface area contributed by atoms with E-state index in [9.17, 15) is 0 Å². The van der Waals surface area contributed by atoms with Gasteiger partial charge in [0.25, 0.3) is 0 Å². The number of hydrogen-bond donors (Lipinski definition) is 1. The average Bonchev–Trinajstić information content (AvgIpc) is 2.22. The minimum absolute atomic E-state index is 0.462. The van der Waals surface area contributed by atoms with Crippen molar-refractivity contribution in [2.45, 2.75) is 31.0 Å². The molecule has 2 N–H and O–H groups in total. The Morgan fingerprint density at radius 2 is 2.56 bits per heavy atom. The molecule has 2 saturated heterocycles. The molecule has 0 spiro atoms. The van der Waals surface area contributed by atoms with Crippen molar-refractivity contribution < 1.29 is 0 Å². The first kappa shape index (κ1) is 4.34. The van der Waals surface area contributed by atoms with Crippen LogP contribution in [0.15, 0.2) is 11.8 Å². The summed E-state index contributed by atoms with van der Waals surface area (Å²) in [5.74, 6) is 0. The molecule has 3 atom stereocenters. The highest BCUT2D eigenvalue weighted by Gasteiger charge is 2.52. The normalized spacial score (nSPS) is 51.4. The molecule has 4 rings (SSSR count). The average molecular weight is 122 g/mol. The van der Waals surface area contributed by atoms with Gasteiger partial charge in [-0.25, -0.2) is 0 Å². The third-order valence-electron chi connectivity index (χ3n) is 2.86. The predicted octanol–water partition coefficient (Wildman–Crippen LogP) is 0.0578. The molecule has 4 aliphatic heterocycles. The number of nitrogens with zero attached hydrogens (tertiary/aromatic N) is 1. The van der Waals surface area contributed by atoms with Crippen LogP contribution in [0.2, 0.25) is 0 Å². The summed E-state index contributed by atoms with van der Waals surface area (Å²) in [6, 6.07) is 1.94. The molecule has 0 aromatic heterocycles. The highest BCUT2D eigenvalue weighted by molar-refractivity contribution is 5.37. The second-order valence-corrected chi connectivity index (χ2v) is 3.35. The monoisotopic (exact) mass is 122 g/mol. The van der Waals surface area contributed by atoms with Crippen LogP contribution in [0.3, 0.4) is 0 Å². The summed E-state index contributed by atoms with van der Waals surface area (Å²) in [5.41, 5.74) is 7.47. The lowest BCUT2D eigenvalue weighted by molar-refractivity contribution is 0.328. The second kappa shape index (κ2) is 1.03. The maximum atomic E-state index is 5.86. The van der Waals surface area contributed by atoms with Crippen LogP contribution >= 0.6 is 0 Å². The van der Waals surface area contributed by atoms with Crippen molar-refractivity contribution in [3.05, 3.63) is 11.8 Å². The minimum atomic E-state index is 0.462. The summed E-state index contributed by atoms with van der Waals surface area (Å²) in [4.78, 5) is 2.43. The van der Waals surface area contributed by atoms with Crippen LogP contribution in [0.25, 0.3) is 0 Å². The van der Waals surface area contributed by atoms with Crippen molar-refractivity contribution in [3.63, 3.8) is 0 Å². The molecule has 0 aliphatic carbocycles. The van der Waals surface area contributed by atoms with Crippen molar-refractivity contribution in [2.75, 3.05) is 0 Å². The summed E-state index contributed by atoms with van der Waals surface area (Å²) < 4.78 is 0. The van der Waals surface area contributed by atoms with Gasteiger partial charge in [0.05, 0.1) is 6.04 Å². The van der Waals surface area contributed by atoms with Crippen molar-refractivity contribution >= 4 is 0 Å². The standard InChI is InChI=1S/C7H10N2/c8-6-2-5-1-4-3-9(5)7(4)6/h3,5-7H,1-2,8H2/t5-,6+,7+/m0/s1. The molecule has 0 aromatic carbocycles. The first-order valence-corrected chi connectivity index (χ1v) is 3.60. The molecule has 4 aliphatic rings. The van der Waals surface area contributed by atoms with Gasteiger partial charge in [-0.15, -0.1) is 0 Å². The molecular formula is C7H10N2. The van der Waals surface area contributed by atoms with Crippen LogP contribution < -0.4 is 5.73 Å². The molecule has 2 heteroatoms. The number of hydrogen-bond acceptors (Lipinski definition) is 2. The van der Waals surface area contributed by atoms with Crippen LogP contribution in [-0.4, -0.2) is 23.0 Å². The van der Waals surface area contributed by atoms with Crippen molar-refractivity contribution in [3.8, 4) is 0 Å². The van der Waals surface area contributed by atoms with Gasteiger partial charge in [0.15, 0.2) is 0 Å². The third-order valence-corrected chi connectivity index (χ3v) is 2.86. The van der Waals surface area contributed by atoms with Gasteiger partial charge in [0.1, 0.15) is 0 Å². The van der Waals surface area contributed by atoms with Gasteiger partial charge in [-0.2, -0.15) is 0 Å². The maximum absolute atomic E-state index is 5.86. The van der Waals surface area contributed by atoms with E-state index in [1.165, 1.54) is 12.8 Å². The van der Waals surface area contributed by atoms with Crippen LogP contribution in [0.1, 0.15) is 12.8 Å². The largest absolute Gasteiger partial charge is 0.366 e. The Labute approximate surface area is 54.3 Å². The van der Waals surface area contributed by atoms with E-state index >= 15 is 0 Å². The van der Waals surface area contributed by atoms with Gasteiger partial charge in [0, 0.05) is 18.3 Å². The molecule has 0 radical (unpaired) electrons. The Kier molecular flexibility index (Phi) is 0.499. The van der Waals surface area contributed by atoms with Gasteiger partial charge < -0.3 is 10.6 Å². The summed E-state index contributed by atoms with van der Waals surface area (Å²) in [5, 5.41) is 0. The Balaban J connectivity index is 2.08. The van der Waals surface area contributed by atoms with E-state index in [2.05, 4.69) is 11.1 Å². The molecule has 0 amide bonds. The molecule has 4 heterocycles. The molecular weight excluding hydrogens is 112 g/mol. The van der Waals surface area contributed by atoms with Crippen molar-refractivity contribution in [1.29, 1.82) is 0 Å². The predicted molar refractivity (Wildman–Crippen MR) is 34.7 cm³/mol. The fourth-order valence-electron chi connectivity index (χ4n) is 2.49. The molecule has 9 heavy (non-hydrogen) atoms. The zero-order valence-electron chi connectivity index (χ0n) is 5.25. The lowest BCUT2D eigenvalue weighted by atomic mass is 9.91. The zero-order chi connectivity index (χ0) is 6.01. The molecule has 48 valence electrons. The van der Waals surface area contributed by atoms with Gasteiger partial charge in [-0.3, -0.25) is 0 Å². The van der Waals surface area contributed by atoms with Crippen LogP contribution in [0.5, 0.6) is 0 Å². The smallest absolute Gasteiger partial charge is 0.0669 e. The fourth-order valence-corrected chi connectivity index (χ4v) is 2.49. The van der Waals surface area contributed by atoms with E-state index in [1.54, 1.807) is 5.57 Å². The molecule has 4 bridgehead atoms. The Bertz CT molecular complexity index is 197. The highest BCUT2D eigenvalue weighted by atomic mass is 15.3. The molecule has 2 nitrogen and oxygen atoms in total. The summed E-state index contributed by atoms with van der Waals surface area (Å²) in [7, 11) is 0. The maximum Gasteiger partial charge on any atom is 0.0669 e. The van der Waals surface area contributed by atoms with E-state index in [-0.39, 0.29) is 0 Å². The Morgan fingerprint density at radius 3 is 3.00 bits per heavy atom. The topological polar surface area (TPSA) is 29.3 Å². The lowest BCUT2D eigenvalue weighted by Gasteiger charge is -2.30. The van der Waals surface area contributed by atoms with Crippen molar-refractivity contribution in [1.82, 2.24) is 4.90 Å². The van der Waals surface area contributed by atoms with E-state index in [0.717, 1.165) is 6.04 Å². The first-order valence-electron chi connectivity index (χ1n) is 3.60. The summed E-state index contributed by atoms with van der Waals surface area (Å²) in [6.45, 7) is 0. The van der Waals surface area contributed by atoms with Gasteiger partial charge in [-0.05, 0) is 18.4 Å². The Morgan fingerprint density at radius 1 is 1.67 bits per heavy atom. The third kappa shape index (κ3) is 0.300. The molecule has 0 aromatic rings.